The van der Waals surface area contributed by atoms with E-state index >= 15 is 0 Å². The van der Waals surface area contributed by atoms with Gasteiger partial charge in [-0.05, 0) is 42.0 Å². The quantitative estimate of drug-likeness (QED) is 0.542. The Morgan fingerprint density at radius 3 is 2.70 bits per heavy atom. The van der Waals surface area contributed by atoms with E-state index in [0.717, 1.165) is 22.4 Å². The number of hydrogen-bond acceptors (Lipinski definition) is 3. The number of nitrogens with zero attached hydrogens (tertiary/aromatic N) is 3. The van der Waals surface area contributed by atoms with Crippen LogP contribution in [0.3, 0.4) is 0 Å². The van der Waals surface area contributed by atoms with Crippen molar-refractivity contribution in [2.45, 2.75) is 0 Å². The van der Waals surface area contributed by atoms with Crippen LogP contribution in [0.4, 0.5) is 0 Å². The Labute approximate surface area is 137 Å². The van der Waals surface area contributed by atoms with Gasteiger partial charge in [0.15, 0.2) is 5.58 Å². The topological polar surface area (TPSA) is 43.9 Å². The maximum absolute atomic E-state index is 5.95. The Morgan fingerprint density at radius 1 is 1.04 bits per heavy atom. The molecule has 0 unspecified atom stereocenters. The second-order valence-electron chi connectivity index (χ2n) is 5.06. The molecule has 0 spiro atoms. The van der Waals surface area contributed by atoms with E-state index in [-0.39, 0.29) is 0 Å². The van der Waals surface area contributed by atoms with E-state index in [1.165, 1.54) is 0 Å². The molecule has 0 radical (unpaired) electrons. The summed E-state index contributed by atoms with van der Waals surface area (Å²) in [6.07, 6.45) is 9.25. The molecule has 0 aliphatic rings. The predicted octanol–water partition coefficient (Wildman–Crippen LogP) is 4.84. The first-order chi connectivity index (χ1) is 11.3. The van der Waals surface area contributed by atoms with Gasteiger partial charge in [0.25, 0.3) is 0 Å². The number of fused-ring (bicyclic) bond motifs is 1. The summed E-state index contributed by atoms with van der Waals surface area (Å²) in [6.45, 7) is 0. The molecule has 0 atom stereocenters. The Bertz CT molecular complexity index is 969. The summed E-state index contributed by atoms with van der Waals surface area (Å²) in [5, 5.41) is 0.649. The van der Waals surface area contributed by atoms with Crippen LogP contribution in [-0.4, -0.2) is 14.5 Å². The van der Waals surface area contributed by atoms with Crippen molar-refractivity contribution in [3.8, 4) is 5.69 Å². The molecule has 4 aromatic rings. The van der Waals surface area contributed by atoms with Crippen molar-refractivity contribution in [2.24, 2.45) is 0 Å². The highest BCUT2D eigenvalue weighted by atomic mass is 35.5. The van der Waals surface area contributed by atoms with Gasteiger partial charge in [-0.1, -0.05) is 23.7 Å². The fraction of sp³-hybridized carbons (Fsp3) is 0. The molecule has 0 aliphatic heterocycles. The zero-order valence-electron chi connectivity index (χ0n) is 12.1. The molecule has 0 saturated carbocycles. The number of imidazole rings is 1. The first-order valence-electron chi connectivity index (χ1n) is 7.10. The van der Waals surface area contributed by atoms with Crippen molar-refractivity contribution < 1.29 is 4.42 Å². The largest absolute Gasteiger partial charge is 0.437 e. The van der Waals surface area contributed by atoms with Gasteiger partial charge in [-0.15, -0.1) is 0 Å². The third-order valence-corrected chi connectivity index (χ3v) is 3.72. The fourth-order valence-corrected chi connectivity index (χ4v) is 2.49. The Balaban J connectivity index is 1.57. The highest BCUT2D eigenvalue weighted by molar-refractivity contribution is 6.31. The minimum Gasteiger partial charge on any atom is -0.437 e. The summed E-state index contributed by atoms with van der Waals surface area (Å²) in [6, 6.07) is 13.5. The minimum atomic E-state index is 0.556. The molecule has 0 bridgehead atoms. The lowest BCUT2D eigenvalue weighted by atomic mass is 10.2. The number of hydrogen-bond donors (Lipinski definition) is 0. The normalized spacial score (nSPS) is 11.5. The second-order valence-corrected chi connectivity index (χ2v) is 5.50. The van der Waals surface area contributed by atoms with Crippen molar-refractivity contribution >= 4 is 34.9 Å². The average Bonchev–Trinajstić information content (AvgIpc) is 3.22. The van der Waals surface area contributed by atoms with E-state index in [1.54, 1.807) is 24.7 Å². The minimum absolute atomic E-state index is 0.556. The number of rotatable bonds is 3. The van der Waals surface area contributed by atoms with E-state index in [9.17, 15) is 0 Å². The molecule has 0 amide bonds. The SMILES string of the molecule is Clc1ccc2oc(C=Cc3ccc(-n4ccnc4)cc3)nc2c1. The van der Waals surface area contributed by atoms with Gasteiger partial charge >= 0.3 is 0 Å². The lowest BCUT2D eigenvalue weighted by Gasteiger charge is -2.01. The standard InChI is InChI=1S/C18H12ClN3O/c19-14-4-7-17-16(11-14)21-18(23-17)8-3-13-1-5-15(6-2-13)22-10-9-20-12-22/h1-12H. The van der Waals surface area contributed by atoms with E-state index < -0.39 is 0 Å². The van der Waals surface area contributed by atoms with Crippen LogP contribution in [0.15, 0.2) is 65.6 Å². The lowest BCUT2D eigenvalue weighted by Crippen LogP contribution is -1.88. The third kappa shape index (κ3) is 2.89. The van der Waals surface area contributed by atoms with Crippen molar-refractivity contribution in [1.82, 2.24) is 14.5 Å². The average molecular weight is 322 g/mol. The fourth-order valence-electron chi connectivity index (χ4n) is 2.33. The van der Waals surface area contributed by atoms with Gasteiger partial charge in [0.05, 0.1) is 6.33 Å². The van der Waals surface area contributed by atoms with Gasteiger partial charge in [0.2, 0.25) is 5.89 Å². The Hall–Kier alpha value is -2.85. The molecule has 4 nitrogen and oxygen atoms in total. The molecule has 2 heterocycles. The number of aromatic nitrogens is 3. The van der Waals surface area contributed by atoms with Gasteiger partial charge in [-0.3, -0.25) is 0 Å². The smallest absolute Gasteiger partial charge is 0.220 e. The monoisotopic (exact) mass is 321 g/mol. The van der Waals surface area contributed by atoms with Crippen LogP contribution in [0.5, 0.6) is 0 Å². The molecule has 0 N–H and O–H groups in total. The maximum atomic E-state index is 5.95. The molecule has 0 fully saturated rings. The molecule has 4 rings (SSSR count). The molecule has 0 saturated heterocycles. The molecule has 5 heteroatoms. The van der Waals surface area contributed by atoms with Gasteiger partial charge < -0.3 is 8.98 Å². The molecular formula is C18H12ClN3O. The van der Waals surface area contributed by atoms with E-state index in [2.05, 4.69) is 9.97 Å². The highest BCUT2D eigenvalue weighted by Gasteiger charge is 2.03. The van der Waals surface area contributed by atoms with E-state index in [0.29, 0.717) is 10.9 Å². The number of benzene rings is 2. The van der Waals surface area contributed by atoms with Crippen LogP contribution in [0.1, 0.15) is 11.5 Å². The van der Waals surface area contributed by atoms with Gasteiger partial charge in [-0.25, -0.2) is 9.97 Å². The zero-order chi connectivity index (χ0) is 15.6. The van der Waals surface area contributed by atoms with Crippen LogP contribution in [0, 0.1) is 0 Å². The summed E-state index contributed by atoms with van der Waals surface area (Å²) in [5.74, 6) is 0.556. The summed E-state index contributed by atoms with van der Waals surface area (Å²) in [4.78, 5) is 8.44. The van der Waals surface area contributed by atoms with Crippen LogP contribution in [-0.2, 0) is 0 Å². The second kappa shape index (κ2) is 5.74. The molecule has 23 heavy (non-hydrogen) atoms. The van der Waals surface area contributed by atoms with Gasteiger partial charge in [-0.2, -0.15) is 0 Å². The van der Waals surface area contributed by atoms with Crippen molar-refractivity contribution in [3.63, 3.8) is 0 Å². The van der Waals surface area contributed by atoms with Gasteiger partial charge in [0, 0.05) is 29.2 Å². The molecule has 0 aliphatic carbocycles. The van der Waals surface area contributed by atoms with E-state index in [4.69, 9.17) is 16.0 Å². The maximum Gasteiger partial charge on any atom is 0.220 e. The van der Waals surface area contributed by atoms with Crippen LogP contribution in [0.2, 0.25) is 5.02 Å². The number of oxazole rings is 1. The summed E-state index contributed by atoms with van der Waals surface area (Å²) in [5.41, 5.74) is 3.61. The lowest BCUT2D eigenvalue weighted by molar-refractivity contribution is 0.590. The summed E-state index contributed by atoms with van der Waals surface area (Å²) < 4.78 is 7.61. The summed E-state index contributed by atoms with van der Waals surface area (Å²) in [7, 11) is 0. The van der Waals surface area contributed by atoms with Crippen molar-refractivity contribution in [2.75, 3.05) is 0 Å². The van der Waals surface area contributed by atoms with E-state index in [1.807, 2.05) is 53.2 Å². The first-order valence-corrected chi connectivity index (χ1v) is 7.48. The molecule has 2 aromatic heterocycles. The Kier molecular flexibility index (Phi) is 3.44. The van der Waals surface area contributed by atoms with Crippen molar-refractivity contribution in [1.29, 1.82) is 0 Å². The zero-order valence-corrected chi connectivity index (χ0v) is 12.8. The van der Waals surface area contributed by atoms with Crippen LogP contribution in [0.25, 0.3) is 28.9 Å². The molecular weight excluding hydrogens is 310 g/mol. The van der Waals surface area contributed by atoms with Crippen molar-refractivity contribution in [3.05, 3.63) is 77.7 Å². The van der Waals surface area contributed by atoms with Gasteiger partial charge in [0.1, 0.15) is 5.52 Å². The predicted molar refractivity (Wildman–Crippen MR) is 91.5 cm³/mol. The Morgan fingerprint density at radius 2 is 1.91 bits per heavy atom. The third-order valence-electron chi connectivity index (χ3n) is 3.48. The van der Waals surface area contributed by atoms with Crippen LogP contribution >= 0.6 is 11.6 Å². The molecule has 112 valence electrons. The van der Waals surface area contributed by atoms with Crippen LogP contribution < -0.4 is 0 Å². The first kappa shape index (κ1) is 13.8. The number of halogens is 1. The molecule has 2 aromatic carbocycles. The summed E-state index contributed by atoms with van der Waals surface area (Å²) >= 11 is 5.95. The highest BCUT2D eigenvalue weighted by Crippen LogP contribution is 2.21.